The average molecular weight is 551 g/mol. The first kappa shape index (κ1) is 36.5. The van der Waals surface area contributed by atoms with E-state index in [9.17, 15) is 4.79 Å². The Hall–Kier alpha value is -0.570. The van der Waals surface area contributed by atoms with Gasteiger partial charge in [0.05, 0.1) is 0 Å². The summed E-state index contributed by atoms with van der Waals surface area (Å²) in [6.07, 6.45) is 41.2. The van der Waals surface area contributed by atoms with Gasteiger partial charge in [-0.15, -0.1) is 0 Å². The lowest BCUT2D eigenvalue weighted by atomic mass is 10.0. The van der Waals surface area contributed by atoms with Gasteiger partial charge in [-0.25, -0.2) is 0 Å². The molecule has 0 bridgehead atoms. The van der Waals surface area contributed by atoms with E-state index < -0.39 is 0 Å². The quantitative estimate of drug-likeness (QED) is 0.0475. The molecular formula is C36H70O3. The van der Waals surface area contributed by atoms with Crippen molar-refractivity contribution < 1.29 is 14.3 Å². The number of hydrogen-bond acceptors (Lipinski definition) is 3. The Labute approximate surface area is 245 Å². The lowest BCUT2D eigenvalue weighted by Gasteiger charge is -2.04. The molecule has 0 saturated carbocycles. The Morgan fingerprint density at radius 2 is 0.769 bits per heavy atom. The van der Waals surface area contributed by atoms with Crippen LogP contribution in [0.5, 0.6) is 0 Å². The van der Waals surface area contributed by atoms with Crippen molar-refractivity contribution in [1.29, 1.82) is 0 Å². The molecule has 2 atom stereocenters. The molecule has 1 fully saturated rings. The van der Waals surface area contributed by atoms with E-state index in [1.54, 1.807) is 0 Å². The number of esters is 1. The summed E-state index contributed by atoms with van der Waals surface area (Å²) in [5.41, 5.74) is 0. The first-order valence-electron chi connectivity index (χ1n) is 18.1. The molecule has 3 heteroatoms. The Balaban J connectivity index is 1.73. The van der Waals surface area contributed by atoms with Crippen LogP contribution in [-0.4, -0.2) is 18.4 Å². The van der Waals surface area contributed by atoms with Crippen molar-refractivity contribution in [3.05, 3.63) is 0 Å². The second-order valence-corrected chi connectivity index (χ2v) is 12.6. The minimum absolute atomic E-state index is 0.0573. The molecule has 1 saturated heterocycles. The molecule has 1 heterocycles. The largest absolute Gasteiger partial charge is 0.433 e. The molecule has 0 aromatic rings. The first-order chi connectivity index (χ1) is 19.3. The standard InChI is InChI=1S/C36H70O3/c1-3-5-7-9-11-13-15-17-19-21-23-25-27-29-31-33-35(37)39-36-34(38-36)32-30-28-26-24-22-20-18-16-14-12-10-8-6-4-2/h34,36H,3-33H2,1-2H3. The predicted molar refractivity (Wildman–Crippen MR) is 169 cm³/mol. The van der Waals surface area contributed by atoms with Gasteiger partial charge in [-0.05, 0) is 12.8 Å². The summed E-state index contributed by atoms with van der Waals surface area (Å²) < 4.78 is 11.1. The molecule has 39 heavy (non-hydrogen) atoms. The van der Waals surface area contributed by atoms with Crippen LogP contribution in [0.25, 0.3) is 0 Å². The Kier molecular flexibility index (Phi) is 27.1. The van der Waals surface area contributed by atoms with Crippen LogP contribution in [0.4, 0.5) is 0 Å². The molecule has 0 aromatic carbocycles. The van der Waals surface area contributed by atoms with Gasteiger partial charge in [-0.1, -0.05) is 194 Å². The average Bonchev–Trinajstić information content (AvgIpc) is 3.68. The van der Waals surface area contributed by atoms with Crippen molar-refractivity contribution in [2.45, 2.75) is 225 Å². The van der Waals surface area contributed by atoms with Gasteiger partial charge in [0.2, 0.25) is 6.29 Å². The fraction of sp³-hybridized carbons (Fsp3) is 0.972. The van der Waals surface area contributed by atoms with Crippen LogP contribution >= 0.6 is 0 Å². The summed E-state index contributed by atoms with van der Waals surface area (Å²) in [4.78, 5) is 12.1. The van der Waals surface area contributed by atoms with Crippen LogP contribution in [-0.2, 0) is 14.3 Å². The molecule has 0 N–H and O–H groups in total. The van der Waals surface area contributed by atoms with Crippen molar-refractivity contribution in [1.82, 2.24) is 0 Å². The summed E-state index contributed by atoms with van der Waals surface area (Å²) in [5, 5.41) is 0. The zero-order valence-electron chi connectivity index (χ0n) is 26.8. The Morgan fingerprint density at radius 3 is 1.13 bits per heavy atom. The highest BCUT2D eigenvalue weighted by Gasteiger charge is 2.41. The van der Waals surface area contributed by atoms with E-state index in [1.165, 1.54) is 173 Å². The van der Waals surface area contributed by atoms with Crippen molar-refractivity contribution in [2.24, 2.45) is 0 Å². The normalized spacial score (nSPS) is 16.6. The monoisotopic (exact) mass is 551 g/mol. The summed E-state index contributed by atoms with van der Waals surface area (Å²) in [7, 11) is 0. The number of unbranched alkanes of at least 4 members (excludes halogenated alkanes) is 27. The fourth-order valence-corrected chi connectivity index (χ4v) is 5.80. The van der Waals surface area contributed by atoms with Crippen LogP contribution in [0, 0.1) is 0 Å². The number of hydrogen-bond donors (Lipinski definition) is 0. The maximum atomic E-state index is 12.1. The maximum Gasteiger partial charge on any atom is 0.308 e. The van der Waals surface area contributed by atoms with Crippen LogP contribution < -0.4 is 0 Å². The highest BCUT2D eigenvalue weighted by Crippen LogP contribution is 2.29. The molecule has 3 nitrogen and oxygen atoms in total. The third-order valence-electron chi connectivity index (χ3n) is 8.61. The van der Waals surface area contributed by atoms with Gasteiger partial charge >= 0.3 is 5.97 Å². The number of ether oxygens (including phenoxy) is 2. The number of carbonyl (C=O) groups is 1. The van der Waals surface area contributed by atoms with Crippen LogP contribution in [0.2, 0.25) is 0 Å². The second kappa shape index (κ2) is 28.9. The number of epoxide rings is 1. The fourth-order valence-electron chi connectivity index (χ4n) is 5.80. The predicted octanol–water partition coefficient (Wildman–Crippen LogP) is 12.4. The lowest BCUT2D eigenvalue weighted by Crippen LogP contribution is -2.09. The van der Waals surface area contributed by atoms with E-state index in [1.807, 2.05) is 0 Å². The highest BCUT2D eigenvalue weighted by atomic mass is 16.8. The zero-order chi connectivity index (χ0) is 28.1. The summed E-state index contributed by atoms with van der Waals surface area (Å²) in [5.74, 6) is -0.0573. The lowest BCUT2D eigenvalue weighted by molar-refractivity contribution is -0.148. The maximum absolute atomic E-state index is 12.1. The Bertz CT molecular complexity index is 506. The molecule has 1 aliphatic heterocycles. The smallest absolute Gasteiger partial charge is 0.308 e. The van der Waals surface area contributed by atoms with E-state index in [0.717, 1.165) is 19.3 Å². The van der Waals surface area contributed by atoms with Gasteiger partial charge in [-0.2, -0.15) is 0 Å². The molecule has 0 aliphatic carbocycles. The third-order valence-corrected chi connectivity index (χ3v) is 8.61. The van der Waals surface area contributed by atoms with E-state index in [4.69, 9.17) is 9.47 Å². The van der Waals surface area contributed by atoms with Crippen molar-refractivity contribution in [3.63, 3.8) is 0 Å². The van der Waals surface area contributed by atoms with Gasteiger partial charge in [0, 0.05) is 6.42 Å². The minimum atomic E-state index is -0.240. The van der Waals surface area contributed by atoms with Gasteiger partial charge in [-0.3, -0.25) is 4.79 Å². The molecule has 0 amide bonds. The molecule has 2 unspecified atom stereocenters. The third kappa shape index (κ3) is 26.1. The minimum Gasteiger partial charge on any atom is -0.433 e. The zero-order valence-corrected chi connectivity index (χ0v) is 26.8. The number of rotatable bonds is 32. The van der Waals surface area contributed by atoms with Gasteiger partial charge < -0.3 is 9.47 Å². The molecule has 1 rings (SSSR count). The van der Waals surface area contributed by atoms with E-state index >= 15 is 0 Å². The van der Waals surface area contributed by atoms with Gasteiger partial charge in [0.25, 0.3) is 0 Å². The highest BCUT2D eigenvalue weighted by molar-refractivity contribution is 5.69. The van der Waals surface area contributed by atoms with E-state index in [-0.39, 0.29) is 18.4 Å². The van der Waals surface area contributed by atoms with Crippen molar-refractivity contribution >= 4 is 5.97 Å². The molecule has 1 aliphatic rings. The van der Waals surface area contributed by atoms with Crippen LogP contribution in [0.1, 0.15) is 213 Å². The van der Waals surface area contributed by atoms with Crippen molar-refractivity contribution in [3.8, 4) is 0 Å². The second-order valence-electron chi connectivity index (χ2n) is 12.6. The topological polar surface area (TPSA) is 38.8 Å². The van der Waals surface area contributed by atoms with Crippen LogP contribution in [0.15, 0.2) is 0 Å². The first-order valence-corrected chi connectivity index (χ1v) is 18.1. The van der Waals surface area contributed by atoms with Gasteiger partial charge in [0.15, 0.2) is 0 Å². The molecule has 0 radical (unpaired) electrons. The Morgan fingerprint density at radius 1 is 0.462 bits per heavy atom. The summed E-state index contributed by atoms with van der Waals surface area (Å²) in [6.45, 7) is 4.57. The molecule has 0 spiro atoms. The number of carbonyl (C=O) groups excluding carboxylic acids is 1. The van der Waals surface area contributed by atoms with Gasteiger partial charge in [0.1, 0.15) is 6.10 Å². The van der Waals surface area contributed by atoms with E-state index in [0.29, 0.717) is 6.42 Å². The summed E-state index contributed by atoms with van der Waals surface area (Å²) in [6, 6.07) is 0. The molecular weight excluding hydrogens is 480 g/mol. The molecule has 232 valence electrons. The summed E-state index contributed by atoms with van der Waals surface area (Å²) >= 11 is 0. The SMILES string of the molecule is CCCCCCCCCCCCCCCCCC(=O)OC1OC1CCCCCCCCCCCCCCCC. The van der Waals surface area contributed by atoms with E-state index in [2.05, 4.69) is 13.8 Å². The van der Waals surface area contributed by atoms with Crippen LogP contribution in [0.3, 0.4) is 0 Å². The molecule has 0 aromatic heterocycles. The van der Waals surface area contributed by atoms with Crippen molar-refractivity contribution in [2.75, 3.05) is 0 Å².